The molecule has 1 atom stereocenters. The van der Waals surface area contributed by atoms with Gasteiger partial charge in [0.15, 0.2) is 0 Å². The molecule has 0 aliphatic carbocycles. The lowest BCUT2D eigenvalue weighted by Gasteiger charge is -2.13. The van der Waals surface area contributed by atoms with Gasteiger partial charge in [0.05, 0.1) is 18.8 Å². The van der Waals surface area contributed by atoms with Gasteiger partial charge in [0.2, 0.25) is 0 Å². The van der Waals surface area contributed by atoms with E-state index in [0.29, 0.717) is 0 Å². The fourth-order valence-electron chi connectivity index (χ4n) is 1.18. The fourth-order valence-corrected chi connectivity index (χ4v) is 1.83. The van der Waals surface area contributed by atoms with Crippen molar-refractivity contribution in [3.63, 3.8) is 0 Å². The molecule has 1 aromatic rings. The molecule has 0 bridgehead atoms. The first-order chi connectivity index (χ1) is 6.79. The quantitative estimate of drug-likeness (QED) is 0.809. The number of ether oxygens (including phenoxy) is 1. The molecule has 0 spiro atoms. The number of nitrogens with two attached hydrogens (primary N) is 1. The molecule has 0 saturated carbocycles. The fraction of sp³-hybridized carbons (Fsp3) is 0.500. The van der Waals surface area contributed by atoms with Gasteiger partial charge < -0.3 is 10.5 Å². The first-order valence-electron chi connectivity index (χ1n) is 4.61. The van der Waals surface area contributed by atoms with Crippen LogP contribution in [0, 0.1) is 0 Å². The second kappa shape index (κ2) is 5.88. The molecule has 0 aliphatic heterocycles. The number of aromatic nitrogens is 1. The van der Waals surface area contributed by atoms with E-state index in [9.17, 15) is 0 Å². The molecule has 1 aromatic heterocycles. The Hall–Kier alpha value is -0.740. The van der Waals surface area contributed by atoms with Crippen LogP contribution in [0.5, 0.6) is 5.75 Å². The van der Waals surface area contributed by atoms with E-state index in [0.717, 1.165) is 22.9 Å². The lowest BCUT2D eigenvalue weighted by molar-refractivity contribution is 0.404. The van der Waals surface area contributed by atoms with Crippen molar-refractivity contribution in [2.75, 3.05) is 18.6 Å². The minimum atomic E-state index is -0.0453. The largest absolute Gasteiger partial charge is 0.495 e. The van der Waals surface area contributed by atoms with E-state index < -0.39 is 0 Å². The van der Waals surface area contributed by atoms with E-state index in [-0.39, 0.29) is 6.04 Å². The number of thioether (sulfide) groups is 1. The van der Waals surface area contributed by atoms with Crippen LogP contribution in [0.3, 0.4) is 0 Å². The minimum absolute atomic E-state index is 0.0453. The summed E-state index contributed by atoms with van der Waals surface area (Å²) < 4.78 is 5.19. The van der Waals surface area contributed by atoms with Crippen molar-refractivity contribution >= 4 is 11.8 Å². The molecular formula is C10H16N2OS. The number of hydrogen-bond acceptors (Lipinski definition) is 4. The van der Waals surface area contributed by atoms with Gasteiger partial charge in [0.25, 0.3) is 0 Å². The molecule has 3 nitrogen and oxygen atoms in total. The molecule has 0 saturated heterocycles. The van der Waals surface area contributed by atoms with E-state index in [2.05, 4.69) is 11.9 Å². The molecule has 0 radical (unpaired) electrons. The van der Waals surface area contributed by atoms with Gasteiger partial charge in [-0.05, 0) is 17.9 Å². The summed E-state index contributed by atoms with van der Waals surface area (Å²) in [5.41, 5.74) is 6.84. The van der Waals surface area contributed by atoms with E-state index >= 15 is 0 Å². The van der Waals surface area contributed by atoms with E-state index in [1.165, 1.54) is 0 Å². The lowest BCUT2D eigenvalue weighted by Crippen LogP contribution is -2.15. The maximum Gasteiger partial charge on any atom is 0.142 e. The summed E-state index contributed by atoms with van der Waals surface area (Å²) in [6.45, 7) is 2.12. The van der Waals surface area contributed by atoms with Gasteiger partial charge in [-0.25, -0.2) is 0 Å². The number of pyridine rings is 1. The van der Waals surface area contributed by atoms with E-state index in [1.807, 2.05) is 23.9 Å². The Labute approximate surface area is 89.1 Å². The number of methoxy groups -OCH3 is 1. The van der Waals surface area contributed by atoms with Crippen LogP contribution in [0.4, 0.5) is 0 Å². The first kappa shape index (κ1) is 11.3. The molecule has 1 rings (SSSR count). The van der Waals surface area contributed by atoms with Crippen LogP contribution in [-0.2, 0) is 0 Å². The van der Waals surface area contributed by atoms with Gasteiger partial charge in [-0.2, -0.15) is 11.8 Å². The van der Waals surface area contributed by atoms with Gasteiger partial charge in [0.1, 0.15) is 5.75 Å². The van der Waals surface area contributed by atoms with Crippen molar-refractivity contribution in [1.29, 1.82) is 0 Å². The van der Waals surface area contributed by atoms with Crippen molar-refractivity contribution < 1.29 is 4.74 Å². The third-order valence-electron chi connectivity index (χ3n) is 1.87. The Morgan fingerprint density at radius 2 is 2.43 bits per heavy atom. The smallest absolute Gasteiger partial charge is 0.142 e. The number of hydrogen-bond donors (Lipinski definition) is 1. The highest BCUT2D eigenvalue weighted by Gasteiger charge is 2.12. The van der Waals surface area contributed by atoms with Crippen LogP contribution in [-0.4, -0.2) is 23.6 Å². The van der Waals surface area contributed by atoms with Crippen molar-refractivity contribution in [1.82, 2.24) is 4.98 Å². The van der Waals surface area contributed by atoms with Crippen LogP contribution < -0.4 is 10.5 Å². The van der Waals surface area contributed by atoms with Crippen molar-refractivity contribution in [2.24, 2.45) is 5.73 Å². The third-order valence-corrected chi connectivity index (χ3v) is 2.88. The van der Waals surface area contributed by atoms with Gasteiger partial charge in [-0.3, -0.25) is 4.98 Å². The SMILES string of the molecule is CCSCC(N)c1ncccc1OC. The van der Waals surface area contributed by atoms with E-state index in [1.54, 1.807) is 13.3 Å². The minimum Gasteiger partial charge on any atom is -0.495 e. The van der Waals surface area contributed by atoms with Crippen LogP contribution in [0.1, 0.15) is 18.7 Å². The molecule has 0 fully saturated rings. The van der Waals surface area contributed by atoms with Crippen LogP contribution >= 0.6 is 11.8 Å². The van der Waals surface area contributed by atoms with Crippen LogP contribution in [0.2, 0.25) is 0 Å². The highest BCUT2D eigenvalue weighted by Crippen LogP contribution is 2.22. The van der Waals surface area contributed by atoms with Gasteiger partial charge >= 0.3 is 0 Å². The summed E-state index contributed by atoms with van der Waals surface area (Å²) >= 11 is 1.81. The topological polar surface area (TPSA) is 48.1 Å². The maximum absolute atomic E-state index is 5.99. The third kappa shape index (κ3) is 2.89. The average Bonchev–Trinajstić information content (AvgIpc) is 2.25. The van der Waals surface area contributed by atoms with Crippen molar-refractivity contribution in [3.05, 3.63) is 24.0 Å². The summed E-state index contributed by atoms with van der Waals surface area (Å²) in [7, 11) is 1.64. The van der Waals surface area contributed by atoms with Crippen LogP contribution in [0.15, 0.2) is 18.3 Å². The maximum atomic E-state index is 5.99. The van der Waals surface area contributed by atoms with Gasteiger partial charge in [-0.15, -0.1) is 0 Å². The van der Waals surface area contributed by atoms with Crippen molar-refractivity contribution in [3.8, 4) is 5.75 Å². The predicted molar refractivity (Wildman–Crippen MR) is 60.7 cm³/mol. The summed E-state index contributed by atoms with van der Waals surface area (Å²) in [6, 6.07) is 3.69. The molecule has 0 amide bonds. The Bertz CT molecular complexity index is 281. The second-order valence-electron chi connectivity index (χ2n) is 2.86. The summed E-state index contributed by atoms with van der Waals surface area (Å²) in [5, 5.41) is 0. The van der Waals surface area contributed by atoms with Crippen molar-refractivity contribution in [2.45, 2.75) is 13.0 Å². The second-order valence-corrected chi connectivity index (χ2v) is 4.18. The lowest BCUT2D eigenvalue weighted by atomic mass is 10.2. The molecule has 1 unspecified atom stereocenters. The van der Waals surface area contributed by atoms with Gasteiger partial charge in [-0.1, -0.05) is 6.92 Å². The average molecular weight is 212 g/mol. The standard InChI is InChI=1S/C10H16N2OS/c1-3-14-7-8(11)10-9(13-2)5-4-6-12-10/h4-6,8H,3,7,11H2,1-2H3. The monoisotopic (exact) mass is 212 g/mol. The highest BCUT2D eigenvalue weighted by atomic mass is 32.2. The molecule has 0 aliphatic rings. The normalized spacial score (nSPS) is 12.5. The van der Waals surface area contributed by atoms with E-state index in [4.69, 9.17) is 10.5 Å². The molecule has 4 heteroatoms. The Kier molecular flexibility index (Phi) is 4.76. The molecule has 2 N–H and O–H groups in total. The molecule has 78 valence electrons. The zero-order valence-corrected chi connectivity index (χ0v) is 9.38. The molecule has 0 aromatic carbocycles. The molecular weight excluding hydrogens is 196 g/mol. The van der Waals surface area contributed by atoms with Crippen LogP contribution in [0.25, 0.3) is 0 Å². The molecule has 1 heterocycles. The summed E-state index contributed by atoms with van der Waals surface area (Å²) in [4.78, 5) is 4.24. The van der Waals surface area contributed by atoms with Gasteiger partial charge in [0, 0.05) is 11.9 Å². The zero-order valence-electron chi connectivity index (χ0n) is 8.56. The predicted octanol–water partition coefficient (Wildman–Crippen LogP) is 1.84. The summed E-state index contributed by atoms with van der Waals surface area (Å²) in [6.07, 6.45) is 1.74. The number of nitrogens with zero attached hydrogens (tertiary/aromatic N) is 1. The Morgan fingerprint density at radius 3 is 3.07 bits per heavy atom. The Balaban J connectivity index is 2.72. The summed E-state index contributed by atoms with van der Waals surface area (Å²) in [5.74, 6) is 2.73. The number of rotatable bonds is 5. The first-order valence-corrected chi connectivity index (χ1v) is 5.77. The highest BCUT2D eigenvalue weighted by molar-refractivity contribution is 7.99. The zero-order chi connectivity index (χ0) is 10.4. The Morgan fingerprint density at radius 1 is 1.64 bits per heavy atom. The molecule has 14 heavy (non-hydrogen) atoms.